The van der Waals surface area contributed by atoms with Crippen molar-refractivity contribution in [3.8, 4) is 11.5 Å². The molecule has 2 aromatic heterocycles. The average molecular weight is 584 g/mol. The number of nitrogens with zero attached hydrogens (tertiary/aromatic N) is 6. The maximum Gasteiger partial charge on any atom is 0.248 e. The predicted octanol–water partition coefficient (Wildman–Crippen LogP) is 4.64. The summed E-state index contributed by atoms with van der Waals surface area (Å²) in [7, 11) is 3.90. The number of nitrogens with one attached hydrogen (secondary N) is 2. The van der Waals surface area contributed by atoms with Gasteiger partial charge in [0.1, 0.15) is 11.5 Å². The van der Waals surface area contributed by atoms with Crippen molar-refractivity contribution in [2.45, 2.75) is 45.2 Å². The van der Waals surface area contributed by atoms with Gasteiger partial charge in [-0.05, 0) is 62.7 Å². The van der Waals surface area contributed by atoms with Crippen molar-refractivity contribution in [2.75, 3.05) is 49.3 Å². The van der Waals surface area contributed by atoms with Gasteiger partial charge in [0.2, 0.25) is 17.8 Å². The third-order valence-corrected chi connectivity index (χ3v) is 7.25. The average Bonchev–Trinajstić information content (AvgIpc) is 3.41. The molecule has 0 spiro atoms. The van der Waals surface area contributed by atoms with Gasteiger partial charge < -0.3 is 30.9 Å². The zero-order chi connectivity index (χ0) is 30.3. The lowest BCUT2D eigenvalue weighted by molar-refractivity contribution is -0.111. The van der Waals surface area contributed by atoms with Crippen molar-refractivity contribution >= 4 is 29.1 Å². The summed E-state index contributed by atoms with van der Waals surface area (Å²) in [5.41, 5.74) is 9.71. The first-order valence-electron chi connectivity index (χ1n) is 14.7. The number of ether oxygens (including phenoxy) is 1. The fourth-order valence-electron chi connectivity index (χ4n) is 4.87. The number of aromatic nitrogens is 4. The van der Waals surface area contributed by atoms with Gasteiger partial charge in [0.05, 0.1) is 6.20 Å². The number of hydrogen-bond acceptors (Lipinski definition) is 9. The van der Waals surface area contributed by atoms with E-state index < -0.39 is 0 Å². The van der Waals surface area contributed by atoms with Gasteiger partial charge in [0.25, 0.3) is 0 Å². The molecule has 0 bridgehead atoms. The van der Waals surface area contributed by atoms with Crippen LogP contribution in [0.5, 0.6) is 11.5 Å². The van der Waals surface area contributed by atoms with E-state index in [9.17, 15) is 4.79 Å². The molecule has 0 atom stereocenters. The van der Waals surface area contributed by atoms with Crippen molar-refractivity contribution in [3.05, 3.63) is 78.0 Å². The fourth-order valence-corrected chi connectivity index (χ4v) is 4.87. The Morgan fingerprint density at radius 1 is 1.12 bits per heavy atom. The summed E-state index contributed by atoms with van der Waals surface area (Å²) >= 11 is 0. The second kappa shape index (κ2) is 13.7. The highest BCUT2D eigenvalue weighted by atomic mass is 16.5. The molecule has 0 saturated carbocycles. The lowest BCUT2D eigenvalue weighted by Gasteiger charge is -2.30. The van der Waals surface area contributed by atoms with Gasteiger partial charge >= 0.3 is 0 Å². The molecular formula is C32H41N9O2. The minimum atomic E-state index is -0.185. The molecule has 2 aromatic carbocycles. The second-order valence-corrected chi connectivity index (χ2v) is 11.4. The molecule has 3 heterocycles. The molecule has 11 nitrogen and oxygen atoms in total. The third kappa shape index (κ3) is 7.88. The third-order valence-electron chi connectivity index (χ3n) is 7.25. The quantitative estimate of drug-likeness (QED) is 0.217. The predicted molar refractivity (Wildman–Crippen MR) is 171 cm³/mol. The second-order valence-electron chi connectivity index (χ2n) is 11.4. The Balaban J connectivity index is 1.29. The summed E-state index contributed by atoms with van der Waals surface area (Å²) in [6, 6.07) is 15.5. The number of hydrogen-bond donors (Lipinski definition) is 3. The molecule has 1 saturated heterocycles. The molecule has 0 unspecified atom stereocenters. The highest BCUT2D eigenvalue weighted by molar-refractivity contribution is 5.99. The molecule has 1 aliphatic heterocycles. The summed E-state index contributed by atoms with van der Waals surface area (Å²) in [4.78, 5) is 26.2. The molecule has 5 rings (SSSR count). The van der Waals surface area contributed by atoms with Crippen molar-refractivity contribution in [1.29, 1.82) is 0 Å². The summed E-state index contributed by atoms with van der Waals surface area (Å²) in [5.74, 6) is 2.74. The monoisotopic (exact) mass is 583 g/mol. The van der Waals surface area contributed by atoms with E-state index in [1.807, 2.05) is 73.7 Å². The molecule has 1 aliphatic rings. The number of benzene rings is 2. The standard InChI is InChI=1S/C32H41N9O2/c1-22(2)28-21-35-41-30(28)37-32(40-16-13-24(33)14-17-40)38-31(41)34-20-23-8-5-10-26(18-23)43-27-11-6-9-25(19-27)36-29(42)12-7-15-39(3)4/h5-12,18-19,21-22,24H,13-17,20,33H2,1-4H3,(H,36,42)(H,34,37,38)/b12-7+. The van der Waals surface area contributed by atoms with Crippen LogP contribution >= 0.6 is 0 Å². The van der Waals surface area contributed by atoms with Crippen LogP contribution in [0.4, 0.5) is 17.6 Å². The number of carbonyl (C=O) groups excluding carboxylic acids is 1. The fraction of sp³-hybridized carbons (Fsp3) is 0.375. The van der Waals surface area contributed by atoms with E-state index in [4.69, 9.17) is 20.4 Å². The van der Waals surface area contributed by atoms with Crippen LogP contribution < -0.4 is 26.0 Å². The minimum absolute atomic E-state index is 0.185. The van der Waals surface area contributed by atoms with Crippen LogP contribution in [0, 0.1) is 0 Å². The zero-order valence-electron chi connectivity index (χ0n) is 25.3. The lowest BCUT2D eigenvalue weighted by atomic mass is 10.1. The molecule has 226 valence electrons. The van der Waals surface area contributed by atoms with E-state index in [1.165, 1.54) is 6.08 Å². The molecular weight excluding hydrogens is 542 g/mol. The zero-order valence-corrected chi connectivity index (χ0v) is 25.3. The number of likely N-dealkylation sites (N-methyl/N-ethyl adjacent to an activating group) is 1. The number of carbonyl (C=O) groups is 1. The molecule has 0 aliphatic carbocycles. The number of fused-ring (bicyclic) bond motifs is 1. The number of piperidine rings is 1. The van der Waals surface area contributed by atoms with Crippen molar-refractivity contribution in [2.24, 2.45) is 5.73 Å². The van der Waals surface area contributed by atoms with Gasteiger partial charge in [0.15, 0.2) is 5.65 Å². The first-order valence-corrected chi connectivity index (χ1v) is 14.7. The molecule has 4 N–H and O–H groups in total. The Labute approximate surface area is 252 Å². The van der Waals surface area contributed by atoms with Crippen LogP contribution in [0.1, 0.15) is 43.7 Å². The lowest BCUT2D eigenvalue weighted by Crippen LogP contribution is -2.40. The number of nitrogens with two attached hydrogens (primary N) is 1. The Bertz CT molecular complexity index is 1570. The van der Waals surface area contributed by atoms with Crippen LogP contribution in [0.3, 0.4) is 0 Å². The SMILES string of the molecule is CC(C)c1cnn2c(NCc3cccc(Oc4cccc(NC(=O)/C=C/CN(C)C)c4)c3)nc(N3CCC(N)CC3)nc12. The first kappa shape index (κ1) is 30.0. The molecule has 4 aromatic rings. The summed E-state index contributed by atoms with van der Waals surface area (Å²) in [6.07, 6.45) is 7.07. The van der Waals surface area contributed by atoms with Gasteiger partial charge in [-0.2, -0.15) is 19.6 Å². The van der Waals surface area contributed by atoms with Crippen LogP contribution in [0.15, 0.2) is 66.9 Å². The molecule has 1 fully saturated rings. The van der Waals surface area contributed by atoms with E-state index in [-0.39, 0.29) is 17.9 Å². The Hall–Kier alpha value is -4.48. The van der Waals surface area contributed by atoms with Gasteiger partial charge in [0, 0.05) is 55.6 Å². The normalized spacial score (nSPS) is 14.3. The molecule has 1 amide bonds. The Morgan fingerprint density at radius 2 is 1.86 bits per heavy atom. The maximum absolute atomic E-state index is 12.3. The van der Waals surface area contributed by atoms with Gasteiger partial charge in [-0.1, -0.05) is 38.1 Å². The minimum Gasteiger partial charge on any atom is -0.457 e. The van der Waals surface area contributed by atoms with Crippen molar-refractivity contribution in [3.63, 3.8) is 0 Å². The Morgan fingerprint density at radius 3 is 2.60 bits per heavy atom. The van der Waals surface area contributed by atoms with Crippen LogP contribution in [-0.2, 0) is 11.3 Å². The van der Waals surface area contributed by atoms with Gasteiger partial charge in [-0.15, -0.1) is 0 Å². The van der Waals surface area contributed by atoms with Crippen LogP contribution in [0.2, 0.25) is 0 Å². The van der Waals surface area contributed by atoms with E-state index in [1.54, 1.807) is 10.6 Å². The maximum atomic E-state index is 12.3. The molecule has 11 heteroatoms. The Kier molecular flexibility index (Phi) is 9.53. The summed E-state index contributed by atoms with van der Waals surface area (Å²) in [6.45, 7) is 7.16. The van der Waals surface area contributed by atoms with Crippen LogP contribution in [-0.4, -0.2) is 70.2 Å². The smallest absolute Gasteiger partial charge is 0.248 e. The van der Waals surface area contributed by atoms with E-state index in [0.717, 1.165) is 42.7 Å². The summed E-state index contributed by atoms with van der Waals surface area (Å²) < 4.78 is 7.93. The van der Waals surface area contributed by atoms with Gasteiger partial charge in [-0.25, -0.2) is 0 Å². The number of amides is 1. The highest BCUT2D eigenvalue weighted by Gasteiger charge is 2.22. The number of rotatable bonds is 11. The highest BCUT2D eigenvalue weighted by Crippen LogP contribution is 2.27. The topological polar surface area (TPSA) is 126 Å². The molecule has 43 heavy (non-hydrogen) atoms. The van der Waals surface area contributed by atoms with Crippen molar-refractivity contribution < 1.29 is 9.53 Å². The van der Waals surface area contributed by atoms with Gasteiger partial charge in [-0.3, -0.25) is 4.79 Å². The largest absolute Gasteiger partial charge is 0.457 e. The first-order chi connectivity index (χ1) is 20.7. The molecule has 0 radical (unpaired) electrons. The summed E-state index contributed by atoms with van der Waals surface area (Å²) in [5, 5.41) is 11.0. The van der Waals surface area contributed by atoms with E-state index >= 15 is 0 Å². The van der Waals surface area contributed by atoms with Crippen molar-refractivity contribution in [1.82, 2.24) is 24.5 Å². The number of anilines is 3. The van der Waals surface area contributed by atoms with Crippen LogP contribution in [0.25, 0.3) is 5.65 Å². The van der Waals surface area contributed by atoms with E-state index in [2.05, 4.69) is 34.5 Å². The van der Waals surface area contributed by atoms with E-state index in [0.29, 0.717) is 42.2 Å².